The first-order valence-corrected chi connectivity index (χ1v) is 23.2. The average molecular weight is 844 g/mol. The first-order chi connectivity index (χ1) is 32.2. The normalized spacial score (nSPS) is 12.7. The zero-order valence-corrected chi connectivity index (χ0v) is 36.3. The second-order valence-electron chi connectivity index (χ2n) is 17.2. The van der Waals surface area contributed by atoms with Gasteiger partial charge in [0.25, 0.3) is 0 Å². The van der Waals surface area contributed by atoms with Crippen LogP contribution in [0.1, 0.15) is 22.3 Å². The van der Waals surface area contributed by atoms with Crippen molar-refractivity contribution in [2.45, 2.75) is 5.41 Å². The molecule has 65 heavy (non-hydrogen) atoms. The fourth-order valence-electron chi connectivity index (χ4n) is 10.8. The number of nitrogens with zero attached hydrogens (tertiary/aromatic N) is 1. The van der Waals surface area contributed by atoms with Crippen molar-refractivity contribution in [1.29, 1.82) is 0 Å². The van der Waals surface area contributed by atoms with E-state index in [1.54, 1.807) is 0 Å². The minimum absolute atomic E-state index is 0.511. The summed E-state index contributed by atoms with van der Waals surface area (Å²) in [7, 11) is 0. The third-order valence-electron chi connectivity index (χ3n) is 13.7. The lowest BCUT2D eigenvalue weighted by Gasteiger charge is -2.34. The van der Waals surface area contributed by atoms with Crippen LogP contribution in [0.2, 0.25) is 0 Å². The molecule has 304 valence electrons. The van der Waals surface area contributed by atoms with Crippen LogP contribution in [0.4, 0.5) is 17.1 Å². The van der Waals surface area contributed by atoms with E-state index in [1.807, 2.05) is 11.3 Å². The Kier molecular flexibility index (Phi) is 8.69. The van der Waals surface area contributed by atoms with Crippen LogP contribution >= 0.6 is 11.3 Å². The van der Waals surface area contributed by atoms with E-state index in [0.717, 1.165) is 17.1 Å². The van der Waals surface area contributed by atoms with Crippen LogP contribution in [0.25, 0.3) is 75.1 Å². The molecule has 1 aliphatic carbocycles. The minimum atomic E-state index is -0.511. The highest BCUT2D eigenvalue weighted by atomic mass is 32.1. The molecule has 1 nitrogen and oxygen atoms in total. The van der Waals surface area contributed by atoms with E-state index >= 15 is 0 Å². The lowest BCUT2D eigenvalue weighted by atomic mass is 9.68. The number of hydrogen-bond donors (Lipinski definition) is 0. The van der Waals surface area contributed by atoms with Gasteiger partial charge in [-0.05, 0) is 132 Å². The Labute approximate surface area is 382 Å². The molecule has 1 aromatic heterocycles. The van der Waals surface area contributed by atoms with Gasteiger partial charge in [-0.25, -0.2) is 0 Å². The van der Waals surface area contributed by atoms with E-state index in [9.17, 15) is 0 Å². The molecule has 2 heteroatoms. The summed E-state index contributed by atoms with van der Waals surface area (Å²) in [5.41, 5.74) is 15.3. The molecule has 0 N–H and O–H groups in total. The van der Waals surface area contributed by atoms with Crippen LogP contribution in [0.5, 0.6) is 0 Å². The highest BCUT2D eigenvalue weighted by Gasteiger charge is 2.47. The van der Waals surface area contributed by atoms with Crippen molar-refractivity contribution in [3.05, 3.63) is 271 Å². The van der Waals surface area contributed by atoms with Gasteiger partial charge < -0.3 is 4.90 Å². The Hall–Kier alpha value is -8.04. The first kappa shape index (κ1) is 37.5. The van der Waals surface area contributed by atoms with Crippen molar-refractivity contribution in [2.24, 2.45) is 0 Å². The van der Waals surface area contributed by atoms with Crippen LogP contribution in [-0.2, 0) is 5.41 Å². The fourth-order valence-corrected chi connectivity index (χ4v) is 11.9. The number of benzene rings is 11. The lowest BCUT2D eigenvalue weighted by molar-refractivity contribution is 0.768. The van der Waals surface area contributed by atoms with E-state index in [-0.39, 0.29) is 0 Å². The molecule has 12 aromatic rings. The molecule has 0 fully saturated rings. The van der Waals surface area contributed by atoms with Gasteiger partial charge >= 0.3 is 0 Å². The van der Waals surface area contributed by atoms with Gasteiger partial charge in [0.1, 0.15) is 0 Å². The summed E-state index contributed by atoms with van der Waals surface area (Å²) in [4.78, 5) is 2.50. The van der Waals surface area contributed by atoms with E-state index in [0.29, 0.717) is 0 Å². The van der Waals surface area contributed by atoms with E-state index in [4.69, 9.17) is 0 Å². The number of hydrogen-bond acceptors (Lipinski definition) is 2. The van der Waals surface area contributed by atoms with Gasteiger partial charge in [-0.15, -0.1) is 11.3 Å². The van der Waals surface area contributed by atoms with Gasteiger partial charge in [0.2, 0.25) is 0 Å². The third-order valence-corrected chi connectivity index (χ3v) is 14.9. The fraction of sp³-hybridized carbons (Fsp3) is 0.0159. The first-order valence-electron chi connectivity index (χ1n) is 22.4. The molecule has 0 unspecified atom stereocenters. The molecule has 0 bridgehead atoms. The summed E-state index contributed by atoms with van der Waals surface area (Å²) in [5.74, 6) is 0. The van der Waals surface area contributed by atoms with Crippen molar-refractivity contribution in [3.63, 3.8) is 0 Å². The van der Waals surface area contributed by atoms with Gasteiger partial charge in [-0.2, -0.15) is 0 Å². The molecule has 1 aliphatic rings. The minimum Gasteiger partial charge on any atom is -0.310 e. The molecule has 0 spiro atoms. The lowest BCUT2D eigenvalue weighted by Crippen LogP contribution is -2.28. The maximum absolute atomic E-state index is 2.50. The smallest absolute Gasteiger partial charge is 0.0714 e. The Morgan fingerprint density at radius 1 is 0.323 bits per heavy atom. The Morgan fingerprint density at radius 3 is 1.62 bits per heavy atom. The monoisotopic (exact) mass is 843 g/mol. The zero-order valence-electron chi connectivity index (χ0n) is 35.5. The SMILES string of the molecule is c1ccc(C2(c3ccccc3)c3ccccc3-c3c(N(c4ccc(-c5cc6ccccc6cc5-c5ccc6ccccc6c5)cc4)c4ccc5sc6ccccc6c5c4)cccc32)cc1. The van der Waals surface area contributed by atoms with Crippen molar-refractivity contribution in [1.82, 2.24) is 0 Å². The van der Waals surface area contributed by atoms with E-state index in [1.165, 1.54) is 97.4 Å². The van der Waals surface area contributed by atoms with Gasteiger partial charge in [-0.1, -0.05) is 188 Å². The standard InChI is InChI=1S/C63H41NS/c1-3-20-48(21-4-1)63(49-22-5-2-6-23-49)57-26-13-11-25-53(57)62-58(63)27-15-28-59(62)64(51-36-37-61-56(41-51)52-24-12-14-29-60(52)65-61)50-34-32-43(33-35-50)54-39-45-18-9-10-19-46(45)40-55(54)47-31-30-42-16-7-8-17-44(42)38-47/h1-41H. The number of thiophene rings is 1. The van der Waals surface area contributed by atoms with Crippen LogP contribution in [-0.4, -0.2) is 0 Å². The highest BCUT2D eigenvalue weighted by Crippen LogP contribution is 2.59. The second kappa shape index (κ2) is 15.1. The molecule has 0 amide bonds. The average Bonchev–Trinajstić information content (AvgIpc) is 3.91. The maximum atomic E-state index is 2.50. The summed E-state index contributed by atoms with van der Waals surface area (Å²) in [6.07, 6.45) is 0. The Morgan fingerprint density at radius 2 is 0.877 bits per heavy atom. The van der Waals surface area contributed by atoms with Crippen LogP contribution in [0, 0.1) is 0 Å². The summed E-state index contributed by atoms with van der Waals surface area (Å²) in [6.45, 7) is 0. The van der Waals surface area contributed by atoms with Gasteiger partial charge in [0.15, 0.2) is 0 Å². The summed E-state index contributed by atoms with van der Waals surface area (Å²) < 4.78 is 2.59. The van der Waals surface area contributed by atoms with Crippen molar-refractivity contribution in [2.75, 3.05) is 4.90 Å². The molecular formula is C63H41NS. The summed E-state index contributed by atoms with van der Waals surface area (Å²) in [6, 6.07) is 92.3. The molecule has 0 radical (unpaired) electrons. The van der Waals surface area contributed by atoms with Crippen LogP contribution in [0.3, 0.4) is 0 Å². The molecule has 0 saturated carbocycles. The number of rotatable bonds is 7. The molecule has 11 aromatic carbocycles. The van der Waals surface area contributed by atoms with Crippen molar-refractivity contribution >= 4 is 70.1 Å². The molecular weight excluding hydrogens is 803 g/mol. The number of fused-ring (bicyclic) bond motifs is 8. The van der Waals surface area contributed by atoms with Crippen molar-refractivity contribution in [3.8, 4) is 33.4 Å². The predicted molar refractivity (Wildman–Crippen MR) is 277 cm³/mol. The highest BCUT2D eigenvalue weighted by molar-refractivity contribution is 7.25. The molecule has 13 rings (SSSR count). The van der Waals surface area contributed by atoms with Gasteiger partial charge in [0.05, 0.1) is 11.1 Å². The molecule has 0 aliphatic heterocycles. The zero-order chi connectivity index (χ0) is 42.9. The molecule has 0 saturated heterocycles. The van der Waals surface area contributed by atoms with E-state index in [2.05, 4.69) is 254 Å². The largest absolute Gasteiger partial charge is 0.310 e. The quantitative estimate of drug-likeness (QED) is 0.154. The third kappa shape index (κ3) is 5.92. The summed E-state index contributed by atoms with van der Waals surface area (Å²) >= 11 is 1.86. The van der Waals surface area contributed by atoms with Gasteiger partial charge in [0, 0.05) is 37.1 Å². The molecule has 0 atom stereocenters. The van der Waals surface area contributed by atoms with Crippen LogP contribution < -0.4 is 4.90 Å². The van der Waals surface area contributed by atoms with E-state index < -0.39 is 5.41 Å². The van der Waals surface area contributed by atoms with Crippen LogP contribution in [0.15, 0.2) is 249 Å². The van der Waals surface area contributed by atoms with Crippen molar-refractivity contribution < 1.29 is 0 Å². The summed E-state index contributed by atoms with van der Waals surface area (Å²) in [5, 5.41) is 7.52. The predicted octanol–water partition coefficient (Wildman–Crippen LogP) is 17.5. The molecule has 1 heterocycles. The maximum Gasteiger partial charge on any atom is 0.0714 e. The Balaban J connectivity index is 1.04. The Bertz CT molecular complexity index is 3730. The topological polar surface area (TPSA) is 3.24 Å². The van der Waals surface area contributed by atoms with Gasteiger partial charge in [-0.3, -0.25) is 0 Å². The second-order valence-corrected chi connectivity index (χ2v) is 18.3. The number of anilines is 3.